The molecule has 0 atom stereocenters. The summed E-state index contributed by atoms with van der Waals surface area (Å²) in [7, 11) is 0. The summed E-state index contributed by atoms with van der Waals surface area (Å²) in [5.74, 6) is 0. The highest BCUT2D eigenvalue weighted by Crippen LogP contribution is 1.99. The molecule has 0 amide bonds. The van der Waals surface area contributed by atoms with Gasteiger partial charge in [-0.1, -0.05) is 0 Å². The van der Waals surface area contributed by atoms with Gasteiger partial charge in [0, 0.05) is 24.5 Å². The Morgan fingerprint density at radius 3 is 3.15 bits per heavy atom. The monoisotopic (exact) mass is 178 g/mol. The number of nitrogens with two attached hydrogens (primary N) is 1. The summed E-state index contributed by atoms with van der Waals surface area (Å²) >= 11 is 0. The third kappa shape index (κ3) is 1.13. The minimum absolute atomic E-state index is 0.124. The molecule has 0 unspecified atom stereocenters. The molecular formula is C8H10N4O. The molecule has 5 heteroatoms. The summed E-state index contributed by atoms with van der Waals surface area (Å²) < 4.78 is 1.40. The van der Waals surface area contributed by atoms with Gasteiger partial charge in [0.15, 0.2) is 5.65 Å². The highest BCUT2D eigenvalue weighted by molar-refractivity contribution is 5.38. The Balaban J connectivity index is 2.86. The Morgan fingerprint density at radius 1 is 1.69 bits per heavy atom. The molecule has 13 heavy (non-hydrogen) atoms. The molecule has 0 spiro atoms. The van der Waals surface area contributed by atoms with E-state index in [0.29, 0.717) is 11.2 Å². The first-order valence-corrected chi connectivity index (χ1v) is 3.98. The van der Waals surface area contributed by atoms with Crippen LogP contribution in [0.1, 0.15) is 11.3 Å². The highest BCUT2D eigenvalue weighted by Gasteiger charge is 2.04. The molecular weight excluding hydrogens is 168 g/mol. The fourth-order valence-corrected chi connectivity index (χ4v) is 1.26. The number of nitrogens with one attached hydrogen (secondary N) is 1. The van der Waals surface area contributed by atoms with Gasteiger partial charge in [0.1, 0.15) is 0 Å². The number of nitrogens with zero attached hydrogens (tertiary/aromatic N) is 2. The van der Waals surface area contributed by atoms with Crippen LogP contribution in [0.4, 0.5) is 0 Å². The lowest BCUT2D eigenvalue weighted by atomic mass is 10.3. The van der Waals surface area contributed by atoms with Crippen molar-refractivity contribution in [3.63, 3.8) is 0 Å². The summed E-state index contributed by atoms with van der Waals surface area (Å²) in [6.45, 7) is 2.09. The Labute approximate surface area is 74.2 Å². The molecule has 3 N–H and O–H groups in total. The summed E-state index contributed by atoms with van der Waals surface area (Å²) in [6.07, 6.45) is 1.52. The van der Waals surface area contributed by atoms with Crippen molar-refractivity contribution in [3.8, 4) is 0 Å². The van der Waals surface area contributed by atoms with Crippen molar-refractivity contribution in [2.24, 2.45) is 5.73 Å². The van der Waals surface area contributed by atoms with Crippen LogP contribution in [0.15, 0.2) is 17.1 Å². The first kappa shape index (κ1) is 8.00. The number of hydrogen-bond donors (Lipinski definition) is 2. The van der Waals surface area contributed by atoms with Crippen LogP contribution in [0.2, 0.25) is 0 Å². The zero-order chi connectivity index (χ0) is 9.42. The summed E-state index contributed by atoms with van der Waals surface area (Å²) in [5.41, 5.74) is 7.30. The van der Waals surface area contributed by atoms with Crippen molar-refractivity contribution in [2.45, 2.75) is 13.5 Å². The maximum atomic E-state index is 11.6. The first-order chi connectivity index (χ1) is 6.22. The highest BCUT2D eigenvalue weighted by atomic mass is 16.1. The van der Waals surface area contributed by atoms with Gasteiger partial charge in [0.05, 0.1) is 5.56 Å². The van der Waals surface area contributed by atoms with Crippen molar-refractivity contribution < 1.29 is 0 Å². The van der Waals surface area contributed by atoms with Gasteiger partial charge in [-0.05, 0) is 6.92 Å². The fourth-order valence-electron chi connectivity index (χ4n) is 1.26. The van der Waals surface area contributed by atoms with Crippen LogP contribution in [0.25, 0.3) is 5.65 Å². The zero-order valence-electron chi connectivity index (χ0n) is 7.24. The number of aromatic nitrogens is 3. The number of hydrogen-bond acceptors (Lipinski definition) is 3. The summed E-state index contributed by atoms with van der Waals surface area (Å²) in [6, 6.07) is 1.81. The van der Waals surface area contributed by atoms with Crippen LogP contribution in [0.5, 0.6) is 0 Å². The molecule has 0 bridgehead atoms. The molecule has 0 aliphatic carbocycles. The summed E-state index contributed by atoms with van der Waals surface area (Å²) in [5, 5.41) is 2.89. The second kappa shape index (κ2) is 2.70. The molecule has 2 rings (SSSR count). The van der Waals surface area contributed by atoms with E-state index in [4.69, 9.17) is 5.73 Å². The van der Waals surface area contributed by atoms with E-state index in [1.807, 2.05) is 13.0 Å². The smallest absolute Gasteiger partial charge is 0.277 e. The minimum Gasteiger partial charge on any atom is -0.326 e. The van der Waals surface area contributed by atoms with Gasteiger partial charge in [-0.2, -0.15) is 0 Å². The van der Waals surface area contributed by atoms with Crippen molar-refractivity contribution in [1.29, 1.82) is 0 Å². The molecule has 68 valence electrons. The molecule has 5 nitrogen and oxygen atoms in total. The first-order valence-electron chi connectivity index (χ1n) is 3.98. The SMILES string of the molecule is Cc1cc2ncc(CN)c(=O)n2[nH]1. The van der Waals surface area contributed by atoms with Gasteiger partial charge >= 0.3 is 0 Å². The van der Waals surface area contributed by atoms with E-state index >= 15 is 0 Å². The number of fused-ring (bicyclic) bond motifs is 1. The molecule has 2 aromatic rings. The van der Waals surface area contributed by atoms with E-state index in [2.05, 4.69) is 10.1 Å². The predicted molar refractivity (Wildman–Crippen MR) is 48.4 cm³/mol. The molecule has 0 aromatic carbocycles. The zero-order valence-corrected chi connectivity index (χ0v) is 7.24. The largest absolute Gasteiger partial charge is 0.326 e. The normalized spacial score (nSPS) is 10.9. The van der Waals surface area contributed by atoms with E-state index in [9.17, 15) is 4.79 Å². The molecule has 2 heterocycles. The van der Waals surface area contributed by atoms with Gasteiger partial charge in [0.25, 0.3) is 5.56 Å². The number of aromatic amines is 1. The van der Waals surface area contributed by atoms with E-state index in [1.165, 1.54) is 10.7 Å². The maximum absolute atomic E-state index is 11.6. The average molecular weight is 178 g/mol. The Bertz CT molecular complexity index is 496. The quantitative estimate of drug-likeness (QED) is 0.634. The Kier molecular flexibility index (Phi) is 1.66. The van der Waals surface area contributed by atoms with Crippen molar-refractivity contribution in [1.82, 2.24) is 14.6 Å². The summed E-state index contributed by atoms with van der Waals surface area (Å²) in [4.78, 5) is 15.7. The van der Waals surface area contributed by atoms with Crippen LogP contribution in [-0.2, 0) is 6.54 Å². The van der Waals surface area contributed by atoms with Crippen LogP contribution in [0, 0.1) is 6.92 Å². The van der Waals surface area contributed by atoms with Crippen molar-refractivity contribution in [3.05, 3.63) is 33.9 Å². The van der Waals surface area contributed by atoms with Crippen LogP contribution < -0.4 is 11.3 Å². The van der Waals surface area contributed by atoms with Crippen LogP contribution >= 0.6 is 0 Å². The standard InChI is InChI=1S/C8H10N4O/c1-5-2-7-10-4-6(3-9)8(13)12(7)11-5/h2,4,11H,3,9H2,1H3. The number of aryl methyl sites for hydroxylation is 1. The molecule has 0 radical (unpaired) electrons. The third-order valence-corrected chi connectivity index (χ3v) is 1.91. The van der Waals surface area contributed by atoms with Crippen molar-refractivity contribution in [2.75, 3.05) is 0 Å². The van der Waals surface area contributed by atoms with Crippen LogP contribution in [-0.4, -0.2) is 14.6 Å². The van der Waals surface area contributed by atoms with Gasteiger partial charge in [0.2, 0.25) is 0 Å². The molecule has 2 aromatic heterocycles. The molecule has 0 fully saturated rings. The average Bonchev–Trinajstić information content (AvgIpc) is 2.47. The molecule has 0 aliphatic heterocycles. The molecule has 0 saturated carbocycles. The fraction of sp³-hybridized carbons (Fsp3) is 0.250. The van der Waals surface area contributed by atoms with Gasteiger partial charge in [-0.3, -0.25) is 9.89 Å². The molecule has 0 saturated heterocycles. The van der Waals surface area contributed by atoms with Crippen molar-refractivity contribution >= 4 is 5.65 Å². The maximum Gasteiger partial charge on any atom is 0.277 e. The minimum atomic E-state index is -0.124. The number of H-pyrrole nitrogens is 1. The van der Waals surface area contributed by atoms with Gasteiger partial charge < -0.3 is 5.73 Å². The third-order valence-electron chi connectivity index (χ3n) is 1.91. The Hall–Kier alpha value is -1.62. The Morgan fingerprint density at radius 2 is 2.46 bits per heavy atom. The predicted octanol–water partition coefficient (Wildman–Crippen LogP) is -0.210. The van der Waals surface area contributed by atoms with Crippen LogP contribution in [0.3, 0.4) is 0 Å². The molecule has 0 aliphatic rings. The van der Waals surface area contributed by atoms with Gasteiger partial charge in [-0.25, -0.2) is 9.50 Å². The second-order valence-electron chi connectivity index (χ2n) is 2.93. The van der Waals surface area contributed by atoms with Gasteiger partial charge in [-0.15, -0.1) is 0 Å². The lowest BCUT2D eigenvalue weighted by molar-refractivity contribution is 0.848. The number of rotatable bonds is 1. The van der Waals surface area contributed by atoms with E-state index in [-0.39, 0.29) is 12.1 Å². The van der Waals surface area contributed by atoms with E-state index in [1.54, 1.807) is 0 Å². The van der Waals surface area contributed by atoms with E-state index < -0.39 is 0 Å². The second-order valence-corrected chi connectivity index (χ2v) is 2.93. The lowest BCUT2D eigenvalue weighted by Crippen LogP contribution is -2.21. The lowest BCUT2D eigenvalue weighted by Gasteiger charge is -1.95. The van der Waals surface area contributed by atoms with E-state index in [0.717, 1.165) is 5.69 Å². The topological polar surface area (TPSA) is 76.2 Å².